The van der Waals surface area contributed by atoms with Gasteiger partial charge in [0.1, 0.15) is 18.4 Å². The van der Waals surface area contributed by atoms with E-state index in [-0.39, 0.29) is 28.7 Å². The van der Waals surface area contributed by atoms with Gasteiger partial charge in [-0.2, -0.15) is 0 Å². The first-order chi connectivity index (χ1) is 15.0. The highest BCUT2D eigenvalue weighted by Crippen LogP contribution is 2.33. The van der Waals surface area contributed by atoms with Crippen molar-refractivity contribution in [3.63, 3.8) is 0 Å². The van der Waals surface area contributed by atoms with Crippen LogP contribution in [-0.2, 0) is 26.2 Å². The predicted molar refractivity (Wildman–Crippen MR) is 124 cm³/mol. The van der Waals surface area contributed by atoms with E-state index in [0.717, 1.165) is 10.6 Å². The summed E-state index contributed by atoms with van der Waals surface area (Å²) in [4.78, 5) is 27.1. The summed E-state index contributed by atoms with van der Waals surface area (Å²) in [5.41, 5.74) is 0.624. The Balaban J connectivity index is 2.46. The number of sulfonamides is 1. The lowest BCUT2D eigenvalue weighted by Gasteiger charge is -2.32. The number of rotatable bonds is 9. The summed E-state index contributed by atoms with van der Waals surface area (Å²) >= 11 is 12.2. The number of nitrogens with one attached hydrogen (secondary N) is 1. The zero-order valence-corrected chi connectivity index (χ0v) is 20.1. The van der Waals surface area contributed by atoms with Crippen LogP contribution < -0.4 is 9.62 Å². The molecule has 0 fully saturated rings. The topological polar surface area (TPSA) is 86.8 Å². The summed E-state index contributed by atoms with van der Waals surface area (Å²) in [6.07, 6.45) is 1.22. The van der Waals surface area contributed by atoms with Crippen molar-refractivity contribution < 1.29 is 22.4 Å². The average Bonchev–Trinajstić information content (AvgIpc) is 2.74. The molecule has 0 radical (unpaired) electrons. The van der Waals surface area contributed by atoms with Gasteiger partial charge in [-0.05, 0) is 36.2 Å². The van der Waals surface area contributed by atoms with Crippen LogP contribution in [0.1, 0.15) is 18.9 Å². The number of likely N-dealkylation sites (N-methyl/N-ethyl adjacent to an activating group) is 1. The third-order valence-electron chi connectivity index (χ3n) is 4.78. The maximum absolute atomic E-state index is 13.4. The molecule has 2 aromatic rings. The molecule has 2 aromatic carbocycles. The van der Waals surface area contributed by atoms with Gasteiger partial charge < -0.3 is 10.2 Å². The SMILES string of the molecule is CC[C@H](C(=O)NC)N(Cc1ccc(F)cc1)C(=O)CN(c1cccc(Cl)c1Cl)S(C)(=O)=O. The number of amides is 2. The van der Waals surface area contributed by atoms with Crippen LogP contribution in [0.4, 0.5) is 10.1 Å². The van der Waals surface area contributed by atoms with Gasteiger partial charge in [-0.25, -0.2) is 12.8 Å². The minimum atomic E-state index is -3.93. The molecule has 174 valence electrons. The fourth-order valence-corrected chi connectivity index (χ4v) is 4.45. The molecule has 7 nitrogen and oxygen atoms in total. The van der Waals surface area contributed by atoms with Crippen LogP contribution in [0.25, 0.3) is 0 Å². The first-order valence-corrected chi connectivity index (χ1v) is 12.3. The molecular weight excluding hydrogens is 480 g/mol. The standard InChI is InChI=1S/C21H24Cl2FN3O4S/c1-4-17(21(29)25-2)26(12-14-8-10-15(24)11-9-14)19(28)13-27(32(3,30)31)18-7-5-6-16(22)20(18)23/h5-11,17H,4,12-13H2,1-3H3,(H,25,29)/t17-/m1/s1. The van der Waals surface area contributed by atoms with Crippen LogP contribution in [0.3, 0.4) is 0 Å². The Labute approximate surface area is 197 Å². The molecule has 0 saturated carbocycles. The third-order valence-corrected chi connectivity index (χ3v) is 6.71. The van der Waals surface area contributed by atoms with Gasteiger partial charge in [0.2, 0.25) is 21.8 Å². The van der Waals surface area contributed by atoms with Crippen molar-refractivity contribution in [2.75, 3.05) is 24.2 Å². The van der Waals surface area contributed by atoms with Crippen LogP contribution in [0, 0.1) is 5.82 Å². The van der Waals surface area contributed by atoms with E-state index in [9.17, 15) is 22.4 Å². The largest absolute Gasteiger partial charge is 0.357 e. The lowest BCUT2D eigenvalue weighted by molar-refractivity contribution is -0.140. The highest BCUT2D eigenvalue weighted by atomic mass is 35.5. The Morgan fingerprint density at radius 3 is 2.28 bits per heavy atom. The molecule has 1 N–H and O–H groups in total. The van der Waals surface area contributed by atoms with E-state index in [1.54, 1.807) is 6.92 Å². The second-order valence-corrected chi connectivity index (χ2v) is 9.72. The van der Waals surface area contributed by atoms with E-state index in [2.05, 4.69) is 5.32 Å². The molecule has 0 heterocycles. The second-order valence-electron chi connectivity index (χ2n) is 7.03. The quantitative estimate of drug-likeness (QED) is 0.567. The van der Waals surface area contributed by atoms with E-state index in [1.807, 2.05) is 0 Å². The van der Waals surface area contributed by atoms with E-state index in [1.165, 1.54) is 54.4 Å². The number of halogens is 3. The maximum atomic E-state index is 13.4. The molecule has 0 saturated heterocycles. The zero-order chi connectivity index (χ0) is 24.1. The molecule has 0 spiro atoms. The van der Waals surface area contributed by atoms with E-state index >= 15 is 0 Å². The van der Waals surface area contributed by atoms with Gasteiger partial charge in [0.15, 0.2) is 0 Å². The predicted octanol–water partition coefficient (Wildman–Crippen LogP) is 3.45. The lowest BCUT2D eigenvalue weighted by Crippen LogP contribution is -2.51. The third kappa shape index (κ3) is 6.34. The Hall–Kier alpha value is -2.36. The Morgan fingerprint density at radius 1 is 1.12 bits per heavy atom. The first kappa shape index (κ1) is 25.9. The van der Waals surface area contributed by atoms with Crippen molar-refractivity contribution in [1.29, 1.82) is 0 Å². The fourth-order valence-electron chi connectivity index (χ4n) is 3.15. The molecular formula is C21H24Cl2FN3O4S. The number of carbonyl (C=O) groups is 2. The Kier molecular flexibility index (Phi) is 8.89. The summed E-state index contributed by atoms with van der Waals surface area (Å²) in [5.74, 6) is -1.48. The normalized spacial score (nSPS) is 12.2. The second kappa shape index (κ2) is 11.0. The molecule has 0 aliphatic carbocycles. The van der Waals surface area contributed by atoms with Crippen molar-refractivity contribution >= 4 is 50.7 Å². The van der Waals surface area contributed by atoms with Crippen molar-refractivity contribution in [2.45, 2.75) is 25.9 Å². The number of nitrogens with zero attached hydrogens (tertiary/aromatic N) is 2. The molecule has 0 aliphatic rings. The van der Waals surface area contributed by atoms with E-state index in [4.69, 9.17) is 23.2 Å². The molecule has 32 heavy (non-hydrogen) atoms. The molecule has 0 aromatic heterocycles. The highest BCUT2D eigenvalue weighted by molar-refractivity contribution is 7.92. The van der Waals surface area contributed by atoms with Gasteiger partial charge in [0.25, 0.3) is 0 Å². The highest BCUT2D eigenvalue weighted by Gasteiger charge is 2.32. The lowest BCUT2D eigenvalue weighted by atomic mass is 10.1. The summed E-state index contributed by atoms with van der Waals surface area (Å²) < 4.78 is 39.2. The minimum absolute atomic E-state index is 0.0178. The first-order valence-electron chi connectivity index (χ1n) is 9.66. The number of hydrogen-bond acceptors (Lipinski definition) is 4. The monoisotopic (exact) mass is 503 g/mol. The van der Waals surface area contributed by atoms with Gasteiger partial charge in [0.05, 0.1) is 22.0 Å². The van der Waals surface area contributed by atoms with Gasteiger partial charge in [-0.1, -0.05) is 48.3 Å². The van der Waals surface area contributed by atoms with E-state index < -0.39 is 40.2 Å². The molecule has 0 unspecified atom stereocenters. The van der Waals surface area contributed by atoms with Crippen molar-refractivity contribution in [2.24, 2.45) is 0 Å². The summed E-state index contributed by atoms with van der Waals surface area (Å²) in [6, 6.07) is 9.05. The maximum Gasteiger partial charge on any atom is 0.244 e. The van der Waals surface area contributed by atoms with Crippen LogP contribution in [-0.4, -0.2) is 51.0 Å². The summed E-state index contributed by atoms with van der Waals surface area (Å²) in [6.45, 7) is 1.10. The van der Waals surface area contributed by atoms with Crippen LogP contribution in [0.15, 0.2) is 42.5 Å². The molecule has 0 bridgehead atoms. The minimum Gasteiger partial charge on any atom is -0.357 e. The zero-order valence-electron chi connectivity index (χ0n) is 17.8. The van der Waals surface area contributed by atoms with Gasteiger partial charge in [0, 0.05) is 13.6 Å². The van der Waals surface area contributed by atoms with Crippen LogP contribution >= 0.6 is 23.2 Å². The molecule has 2 rings (SSSR count). The number of carbonyl (C=O) groups excluding carboxylic acids is 2. The average molecular weight is 504 g/mol. The van der Waals surface area contributed by atoms with Crippen molar-refractivity contribution in [3.8, 4) is 0 Å². The van der Waals surface area contributed by atoms with Crippen LogP contribution in [0.5, 0.6) is 0 Å². The van der Waals surface area contributed by atoms with Gasteiger partial charge >= 0.3 is 0 Å². The summed E-state index contributed by atoms with van der Waals surface area (Å²) in [7, 11) is -2.49. The Morgan fingerprint density at radius 2 is 1.75 bits per heavy atom. The molecule has 0 aliphatic heterocycles. The van der Waals surface area contributed by atoms with E-state index in [0.29, 0.717) is 5.56 Å². The number of benzene rings is 2. The molecule has 2 amide bonds. The van der Waals surface area contributed by atoms with Crippen molar-refractivity contribution in [3.05, 3.63) is 63.9 Å². The fraction of sp³-hybridized carbons (Fsp3) is 0.333. The number of anilines is 1. The molecule has 11 heteroatoms. The Bertz CT molecular complexity index is 1080. The van der Waals surface area contributed by atoms with Crippen LogP contribution in [0.2, 0.25) is 10.0 Å². The summed E-state index contributed by atoms with van der Waals surface area (Å²) in [5, 5.41) is 2.63. The van der Waals surface area contributed by atoms with Gasteiger partial charge in [-0.3, -0.25) is 13.9 Å². The smallest absolute Gasteiger partial charge is 0.244 e. The van der Waals surface area contributed by atoms with Crippen molar-refractivity contribution in [1.82, 2.24) is 10.2 Å². The molecule has 1 atom stereocenters. The van der Waals surface area contributed by atoms with Gasteiger partial charge in [-0.15, -0.1) is 0 Å². The number of hydrogen-bond donors (Lipinski definition) is 1.